The third-order valence-corrected chi connectivity index (χ3v) is 7.66. The lowest BCUT2D eigenvalue weighted by atomic mass is 9.90. The van der Waals surface area contributed by atoms with Gasteiger partial charge in [-0.1, -0.05) is 84.9 Å². The maximum atomic E-state index is 13.3. The molecule has 0 unspecified atom stereocenters. The fourth-order valence-corrected chi connectivity index (χ4v) is 5.39. The lowest BCUT2D eigenvalue weighted by molar-refractivity contribution is -0.384. The number of phenols is 1. The summed E-state index contributed by atoms with van der Waals surface area (Å²) in [6.45, 7) is 0. The van der Waals surface area contributed by atoms with E-state index in [0.29, 0.717) is 21.9 Å². The van der Waals surface area contributed by atoms with Crippen molar-refractivity contribution in [2.75, 3.05) is 0 Å². The summed E-state index contributed by atoms with van der Waals surface area (Å²) in [5.41, 5.74) is 1.86. The Morgan fingerprint density at radius 1 is 0.804 bits per heavy atom. The fraction of sp³-hybridized carbons (Fsp3) is 0.0541. The van der Waals surface area contributed by atoms with E-state index in [1.807, 2.05) is 78.9 Å². The molecular formula is C37H26N2O7. The van der Waals surface area contributed by atoms with Crippen LogP contribution in [0.15, 0.2) is 126 Å². The number of aromatic hydroxyl groups is 1. The van der Waals surface area contributed by atoms with E-state index >= 15 is 0 Å². The molecule has 46 heavy (non-hydrogen) atoms. The Bertz CT molecular complexity index is 2140. The molecule has 0 saturated carbocycles. The highest BCUT2D eigenvalue weighted by molar-refractivity contribution is 6.13. The Morgan fingerprint density at radius 3 is 2.11 bits per heavy atom. The number of nitro groups is 1. The van der Waals surface area contributed by atoms with Crippen LogP contribution in [0.1, 0.15) is 21.5 Å². The van der Waals surface area contributed by atoms with Gasteiger partial charge in [0.2, 0.25) is 0 Å². The number of fused-ring (bicyclic) bond motifs is 2. The van der Waals surface area contributed by atoms with Crippen LogP contribution < -0.4 is 4.74 Å². The van der Waals surface area contributed by atoms with Crippen molar-refractivity contribution in [2.24, 2.45) is 4.99 Å². The Morgan fingerprint density at radius 2 is 1.43 bits per heavy atom. The van der Waals surface area contributed by atoms with Gasteiger partial charge in [-0.2, -0.15) is 0 Å². The summed E-state index contributed by atoms with van der Waals surface area (Å²) < 4.78 is 5.90. The summed E-state index contributed by atoms with van der Waals surface area (Å²) in [5, 5.41) is 35.8. The van der Waals surface area contributed by atoms with Crippen molar-refractivity contribution in [2.45, 2.75) is 12.5 Å². The van der Waals surface area contributed by atoms with Crippen molar-refractivity contribution in [1.29, 1.82) is 0 Å². The maximum absolute atomic E-state index is 13.3. The number of carbonyl (C=O) groups excluding carboxylic acids is 1. The van der Waals surface area contributed by atoms with E-state index in [-0.39, 0.29) is 34.7 Å². The van der Waals surface area contributed by atoms with Crippen LogP contribution in [0, 0.1) is 10.1 Å². The first-order chi connectivity index (χ1) is 22.3. The predicted octanol–water partition coefficient (Wildman–Crippen LogP) is 7.61. The highest BCUT2D eigenvalue weighted by Crippen LogP contribution is 2.46. The van der Waals surface area contributed by atoms with E-state index in [4.69, 9.17) is 4.74 Å². The molecule has 0 aliphatic heterocycles. The van der Waals surface area contributed by atoms with Gasteiger partial charge in [0.15, 0.2) is 6.04 Å². The largest absolute Gasteiger partial charge is 0.507 e. The van der Waals surface area contributed by atoms with Gasteiger partial charge >= 0.3 is 11.9 Å². The monoisotopic (exact) mass is 610 g/mol. The number of aliphatic carboxylic acids is 1. The van der Waals surface area contributed by atoms with Crippen molar-refractivity contribution in [1.82, 2.24) is 0 Å². The molecule has 0 saturated heterocycles. The van der Waals surface area contributed by atoms with Crippen LogP contribution in [0.5, 0.6) is 11.5 Å². The molecule has 0 aromatic heterocycles. The number of esters is 1. The van der Waals surface area contributed by atoms with Crippen LogP contribution in [-0.4, -0.2) is 39.3 Å². The Balaban J connectivity index is 1.49. The minimum absolute atomic E-state index is 0.109. The summed E-state index contributed by atoms with van der Waals surface area (Å²) in [4.78, 5) is 40.3. The van der Waals surface area contributed by atoms with Gasteiger partial charge in [0.25, 0.3) is 5.69 Å². The van der Waals surface area contributed by atoms with E-state index in [2.05, 4.69) is 4.99 Å². The molecule has 0 aliphatic rings. The summed E-state index contributed by atoms with van der Waals surface area (Å²) in [6.07, 6.45) is 1.53. The number of nitrogens with zero attached hydrogens (tertiary/aromatic N) is 2. The van der Waals surface area contributed by atoms with Crippen molar-refractivity contribution in [3.8, 4) is 22.6 Å². The summed E-state index contributed by atoms with van der Waals surface area (Å²) in [6, 6.07) is 33.1. The molecule has 0 fully saturated rings. The molecule has 2 N–H and O–H groups in total. The normalized spacial score (nSPS) is 11.9. The lowest BCUT2D eigenvalue weighted by Gasteiger charge is -2.18. The smallest absolute Gasteiger partial charge is 0.343 e. The third-order valence-electron chi connectivity index (χ3n) is 7.66. The second-order valence-corrected chi connectivity index (χ2v) is 10.6. The summed E-state index contributed by atoms with van der Waals surface area (Å²) >= 11 is 0. The van der Waals surface area contributed by atoms with Crippen molar-refractivity contribution in [3.05, 3.63) is 148 Å². The van der Waals surface area contributed by atoms with E-state index in [1.165, 1.54) is 30.5 Å². The number of ether oxygens (including phenoxy) is 1. The topological polar surface area (TPSA) is 139 Å². The molecular weight excluding hydrogens is 584 g/mol. The quantitative estimate of drug-likeness (QED) is 0.0565. The number of nitro benzene ring substituents is 1. The number of phenolic OH excluding ortho intramolecular Hbond substituents is 1. The standard InChI is InChI=1S/C37H26N2O7/c40-35-27(22-38-31(36(41)42)20-23-8-2-1-3-9-23)21-26-11-5-7-13-30(26)34(35)33-29-12-6-4-10-24(29)16-19-32(33)46-37(43)25-14-17-28(18-15-25)39(44)45/h1-19,21-22,31,40H,20H2,(H,41,42)/t31-/m1/s1. The number of hydrogen-bond donors (Lipinski definition) is 2. The van der Waals surface area contributed by atoms with Crippen LogP contribution in [0.3, 0.4) is 0 Å². The first-order valence-corrected chi connectivity index (χ1v) is 14.3. The number of carboxylic acid groups (broad SMARTS) is 1. The van der Waals surface area contributed by atoms with Gasteiger partial charge in [-0.25, -0.2) is 9.59 Å². The fourth-order valence-electron chi connectivity index (χ4n) is 5.39. The number of aliphatic imine (C=N–C) groups is 1. The maximum Gasteiger partial charge on any atom is 0.343 e. The zero-order chi connectivity index (χ0) is 32.2. The molecule has 6 aromatic rings. The van der Waals surface area contributed by atoms with Crippen molar-refractivity contribution >= 4 is 45.4 Å². The van der Waals surface area contributed by atoms with Crippen molar-refractivity contribution < 1.29 is 29.5 Å². The van der Waals surface area contributed by atoms with Crippen LogP contribution >= 0.6 is 0 Å². The number of rotatable bonds is 9. The number of non-ortho nitro benzene ring substituents is 1. The van der Waals surface area contributed by atoms with E-state index in [0.717, 1.165) is 16.3 Å². The number of benzene rings is 6. The SMILES string of the molecule is O=C(Oc1ccc2ccccc2c1-c1c(O)c(C=N[C@H](Cc2ccccc2)C(=O)O)cc2ccccc12)c1ccc([N+](=O)[O-])cc1. The number of carboxylic acids is 1. The van der Waals surface area contributed by atoms with Gasteiger partial charge in [-0.05, 0) is 51.4 Å². The van der Waals surface area contributed by atoms with Gasteiger partial charge in [0, 0.05) is 41.5 Å². The zero-order valence-corrected chi connectivity index (χ0v) is 24.2. The van der Waals surface area contributed by atoms with Gasteiger partial charge in [0.05, 0.1) is 10.5 Å². The molecule has 0 spiro atoms. The average molecular weight is 611 g/mol. The predicted molar refractivity (Wildman–Crippen MR) is 176 cm³/mol. The van der Waals surface area contributed by atoms with Crippen molar-refractivity contribution in [3.63, 3.8) is 0 Å². The van der Waals surface area contributed by atoms with E-state index in [1.54, 1.807) is 18.2 Å². The molecule has 0 amide bonds. The number of carbonyl (C=O) groups is 2. The minimum Gasteiger partial charge on any atom is -0.507 e. The minimum atomic E-state index is -1.10. The third kappa shape index (κ3) is 6.02. The highest BCUT2D eigenvalue weighted by atomic mass is 16.6. The summed E-state index contributed by atoms with van der Waals surface area (Å²) in [7, 11) is 0. The lowest BCUT2D eigenvalue weighted by Crippen LogP contribution is -2.20. The first kappa shape index (κ1) is 29.7. The molecule has 6 rings (SSSR count). The molecule has 0 radical (unpaired) electrons. The molecule has 9 heteroatoms. The molecule has 0 heterocycles. The Labute approximate surface area is 262 Å². The zero-order valence-electron chi connectivity index (χ0n) is 24.2. The second kappa shape index (κ2) is 12.7. The molecule has 9 nitrogen and oxygen atoms in total. The van der Waals surface area contributed by atoms with Gasteiger partial charge in [-0.15, -0.1) is 0 Å². The van der Waals surface area contributed by atoms with E-state index in [9.17, 15) is 29.9 Å². The second-order valence-electron chi connectivity index (χ2n) is 10.6. The van der Waals surface area contributed by atoms with Crippen LogP contribution in [0.2, 0.25) is 0 Å². The van der Waals surface area contributed by atoms with Gasteiger partial charge in [0.1, 0.15) is 11.5 Å². The highest BCUT2D eigenvalue weighted by Gasteiger charge is 2.23. The summed E-state index contributed by atoms with van der Waals surface area (Å²) in [5.74, 6) is -1.85. The Hall–Kier alpha value is -6.35. The van der Waals surface area contributed by atoms with E-state index < -0.39 is 22.9 Å². The van der Waals surface area contributed by atoms with Crippen LogP contribution in [0.25, 0.3) is 32.7 Å². The average Bonchev–Trinajstić information content (AvgIpc) is 3.07. The molecule has 226 valence electrons. The van der Waals surface area contributed by atoms with Gasteiger partial charge in [-0.3, -0.25) is 15.1 Å². The molecule has 0 aliphatic carbocycles. The first-order valence-electron chi connectivity index (χ1n) is 14.3. The molecule has 6 aromatic carbocycles. The van der Waals surface area contributed by atoms with Crippen LogP contribution in [-0.2, 0) is 11.2 Å². The van der Waals surface area contributed by atoms with Crippen LogP contribution in [0.4, 0.5) is 5.69 Å². The molecule has 0 bridgehead atoms. The Kier molecular flexibility index (Phi) is 8.21. The number of hydrogen-bond acceptors (Lipinski definition) is 7. The molecule has 1 atom stereocenters. The van der Waals surface area contributed by atoms with Gasteiger partial charge < -0.3 is 14.9 Å².